The van der Waals surface area contributed by atoms with Gasteiger partial charge in [-0.15, -0.1) is 0 Å². The van der Waals surface area contributed by atoms with Gasteiger partial charge in [0.05, 0.1) is 0 Å². The first-order chi connectivity index (χ1) is 10.3. The van der Waals surface area contributed by atoms with Crippen molar-refractivity contribution in [2.24, 2.45) is 11.8 Å². The highest BCUT2D eigenvalue weighted by atomic mass is 15.2. The van der Waals surface area contributed by atoms with Crippen LogP contribution in [-0.2, 0) is 0 Å². The van der Waals surface area contributed by atoms with E-state index in [2.05, 4.69) is 48.3 Å². The van der Waals surface area contributed by atoms with Crippen LogP contribution < -0.4 is 5.32 Å². The molecule has 0 radical (unpaired) electrons. The van der Waals surface area contributed by atoms with Gasteiger partial charge in [0.1, 0.15) is 0 Å². The predicted octanol–water partition coefficient (Wildman–Crippen LogP) is 3.77. The number of nitrogens with zero attached hydrogens (tertiary/aromatic N) is 1. The lowest BCUT2D eigenvalue weighted by Gasteiger charge is -2.27. The lowest BCUT2D eigenvalue weighted by atomic mass is 10.0. The Hall–Kier alpha value is -0.860. The summed E-state index contributed by atoms with van der Waals surface area (Å²) in [6.45, 7) is 9.45. The number of rotatable bonds is 6. The second-order valence-electron chi connectivity index (χ2n) is 7.03. The van der Waals surface area contributed by atoms with Crippen molar-refractivity contribution in [2.75, 3.05) is 26.2 Å². The molecule has 1 saturated heterocycles. The van der Waals surface area contributed by atoms with E-state index in [1.807, 2.05) is 0 Å². The number of aryl methyl sites for hydroxylation is 1. The Morgan fingerprint density at radius 2 is 1.90 bits per heavy atom. The molecule has 1 aromatic carbocycles. The Balaban J connectivity index is 1.67. The molecule has 1 aliphatic heterocycles. The van der Waals surface area contributed by atoms with Gasteiger partial charge in [-0.25, -0.2) is 0 Å². The van der Waals surface area contributed by atoms with Gasteiger partial charge in [-0.1, -0.05) is 37.6 Å². The van der Waals surface area contributed by atoms with E-state index >= 15 is 0 Å². The number of hydrogen-bond donors (Lipinski definition) is 1. The molecule has 0 amide bonds. The van der Waals surface area contributed by atoms with E-state index in [0.29, 0.717) is 6.04 Å². The monoisotopic (exact) mass is 286 g/mol. The van der Waals surface area contributed by atoms with Gasteiger partial charge in [0.25, 0.3) is 0 Å². The summed E-state index contributed by atoms with van der Waals surface area (Å²) in [6, 6.07) is 9.37. The molecular weight excluding hydrogens is 256 g/mol. The van der Waals surface area contributed by atoms with Crippen LogP contribution in [0.15, 0.2) is 24.3 Å². The van der Waals surface area contributed by atoms with Crippen LogP contribution in [0.4, 0.5) is 0 Å². The van der Waals surface area contributed by atoms with Crippen molar-refractivity contribution in [3.05, 3.63) is 35.4 Å². The summed E-state index contributed by atoms with van der Waals surface area (Å²) in [4.78, 5) is 2.72. The highest BCUT2D eigenvalue weighted by Gasteiger charge is 2.36. The van der Waals surface area contributed by atoms with Crippen LogP contribution in [-0.4, -0.2) is 31.1 Å². The summed E-state index contributed by atoms with van der Waals surface area (Å²) in [7, 11) is 0. The van der Waals surface area contributed by atoms with Gasteiger partial charge in [-0.2, -0.15) is 0 Å². The van der Waals surface area contributed by atoms with E-state index < -0.39 is 0 Å². The highest BCUT2D eigenvalue weighted by Crippen LogP contribution is 2.38. The molecule has 1 aliphatic carbocycles. The molecule has 2 aliphatic rings. The quantitative estimate of drug-likeness (QED) is 0.856. The smallest absolute Gasteiger partial charge is 0.0451 e. The molecule has 1 aromatic rings. The van der Waals surface area contributed by atoms with Gasteiger partial charge in [0.2, 0.25) is 0 Å². The maximum Gasteiger partial charge on any atom is 0.0451 e. The SMILES string of the molecule is CCCNC(CN1CC2CCCC2C1)c1ccccc1C. The second-order valence-corrected chi connectivity index (χ2v) is 7.03. The van der Waals surface area contributed by atoms with Crippen LogP contribution in [0.2, 0.25) is 0 Å². The van der Waals surface area contributed by atoms with E-state index in [1.165, 1.54) is 56.4 Å². The van der Waals surface area contributed by atoms with E-state index in [4.69, 9.17) is 0 Å². The summed E-state index contributed by atoms with van der Waals surface area (Å²) in [6.07, 6.45) is 5.61. The van der Waals surface area contributed by atoms with Crippen molar-refractivity contribution in [3.8, 4) is 0 Å². The van der Waals surface area contributed by atoms with Gasteiger partial charge >= 0.3 is 0 Å². The van der Waals surface area contributed by atoms with Crippen molar-refractivity contribution in [2.45, 2.75) is 45.6 Å². The van der Waals surface area contributed by atoms with Gasteiger partial charge in [-0.05, 0) is 55.7 Å². The minimum Gasteiger partial charge on any atom is -0.309 e. The summed E-state index contributed by atoms with van der Waals surface area (Å²) < 4.78 is 0. The Bertz CT molecular complexity index is 445. The fraction of sp³-hybridized carbons (Fsp3) is 0.684. The van der Waals surface area contributed by atoms with Crippen LogP contribution in [0.3, 0.4) is 0 Å². The first kappa shape index (κ1) is 15.1. The highest BCUT2D eigenvalue weighted by molar-refractivity contribution is 5.29. The lowest BCUT2D eigenvalue weighted by Crippen LogP contribution is -2.35. The summed E-state index contributed by atoms with van der Waals surface area (Å²) in [5.41, 5.74) is 2.91. The van der Waals surface area contributed by atoms with Gasteiger partial charge in [-0.3, -0.25) is 0 Å². The maximum atomic E-state index is 3.78. The molecule has 3 atom stereocenters. The van der Waals surface area contributed by atoms with Crippen LogP contribution in [0.25, 0.3) is 0 Å². The summed E-state index contributed by atoms with van der Waals surface area (Å²) in [5.74, 6) is 1.99. The zero-order valence-electron chi connectivity index (χ0n) is 13.6. The summed E-state index contributed by atoms with van der Waals surface area (Å²) >= 11 is 0. The Kier molecular flexibility index (Phi) is 4.97. The minimum atomic E-state index is 0.491. The number of likely N-dealkylation sites (tertiary alicyclic amines) is 1. The zero-order valence-corrected chi connectivity index (χ0v) is 13.6. The zero-order chi connectivity index (χ0) is 14.7. The first-order valence-electron chi connectivity index (χ1n) is 8.79. The van der Waals surface area contributed by atoms with E-state index in [-0.39, 0.29) is 0 Å². The van der Waals surface area contributed by atoms with Gasteiger partial charge in [0, 0.05) is 25.7 Å². The molecule has 1 heterocycles. The third-order valence-electron chi connectivity index (χ3n) is 5.45. The first-order valence-corrected chi connectivity index (χ1v) is 8.79. The minimum absolute atomic E-state index is 0.491. The average Bonchev–Trinajstić information content (AvgIpc) is 3.05. The third-order valence-corrected chi connectivity index (χ3v) is 5.45. The number of fused-ring (bicyclic) bond motifs is 1. The Labute approximate surface area is 129 Å². The molecular formula is C19H30N2. The molecule has 3 unspecified atom stereocenters. The molecule has 3 rings (SSSR count). The van der Waals surface area contributed by atoms with Gasteiger partial charge in [0.15, 0.2) is 0 Å². The van der Waals surface area contributed by atoms with Crippen LogP contribution in [0, 0.1) is 18.8 Å². The van der Waals surface area contributed by atoms with E-state index in [0.717, 1.165) is 18.4 Å². The molecule has 2 heteroatoms. The summed E-state index contributed by atoms with van der Waals surface area (Å²) in [5, 5.41) is 3.78. The Morgan fingerprint density at radius 3 is 2.57 bits per heavy atom. The van der Waals surface area contributed by atoms with Crippen molar-refractivity contribution in [1.82, 2.24) is 10.2 Å². The van der Waals surface area contributed by atoms with E-state index in [9.17, 15) is 0 Å². The van der Waals surface area contributed by atoms with Gasteiger partial charge < -0.3 is 10.2 Å². The molecule has 0 aromatic heterocycles. The largest absolute Gasteiger partial charge is 0.309 e. The molecule has 0 spiro atoms. The molecule has 2 fully saturated rings. The average molecular weight is 286 g/mol. The van der Waals surface area contributed by atoms with E-state index in [1.54, 1.807) is 0 Å². The predicted molar refractivity (Wildman–Crippen MR) is 89.5 cm³/mol. The molecule has 0 bridgehead atoms. The number of nitrogens with one attached hydrogen (secondary N) is 1. The number of hydrogen-bond acceptors (Lipinski definition) is 2. The van der Waals surface area contributed by atoms with Crippen LogP contribution in [0.1, 0.15) is 49.8 Å². The van der Waals surface area contributed by atoms with Crippen molar-refractivity contribution in [3.63, 3.8) is 0 Å². The molecule has 1 N–H and O–H groups in total. The molecule has 2 nitrogen and oxygen atoms in total. The Morgan fingerprint density at radius 1 is 1.19 bits per heavy atom. The van der Waals surface area contributed by atoms with Crippen LogP contribution in [0.5, 0.6) is 0 Å². The fourth-order valence-corrected chi connectivity index (χ4v) is 4.31. The molecule has 1 saturated carbocycles. The van der Waals surface area contributed by atoms with Crippen molar-refractivity contribution < 1.29 is 0 Å². The fourth-order valence-electron chi connectivity index (χ4n) is 4.31. The standard InChI is InChI=1S/C19H30N2/c1-3-11-20-19(18-10-5-4-7-15(18)2)14-21-12-16-8-6-9-17(16)13-21/h4-5,7,10,16-17,19-20H,3,6,8-9,11-14H2,1-2H3. The second kappa shape index (κ2) is 6.93. The maximum absolute atomic E-state index is 3.78. The normalized spacial score (nSPS) is 27.0. The molecule has 21 heavy (non-hydrogen) atoms. The van der Waals surface area contributed by atoms with Crippen molar-refractivity contribution in [1.29, 1.82) is 0 Å². The van der Waals surface area contributed by atoms with Crippen LogP contribution >= 0.6 is 0 Å². The van der Waals surface area contributed by atoms with Crippen molar-refractivity contribution >= 4 is 0 Å². The number of benzene rings is 1. The third kappa shape index (κ3) is 3.49. The molecule has 116 valence electrons. The lowest BCUT2D eigenvalue weighted by molar-refractivity contribution is 0.272. The topological polar surface area (TPSA) is 15.3 Å².